The fourth-order valence-corrected chi connectivity index (χ4v) is 4.54. The molecule has 0 aliphatic carbocycles. The first kappa shape index (κ1) is 20.3. The Bertz CT molecular complexity index is 1310. The highest BCUT2D eigenvalue weighted by Gasteiger charge is 2.19. The van der Waals surface area contributed by atoms with E-state index in [4.69, 9.17) is 0 Å². The number of imidazole rings is 1. The van der Waals surface area contributed by atoms with Gasteiger partial charge in [0.2, 0.25) is 5.91 Å². The van der Waals surface area contributed by atoms with Crippen LogP contribution in [0.15, 0.2) is 82.9 Å². The number of thioether (sulfide) groups is 1. The van der Waals surface area contributed by atoms with E-state index in [0.717, 1.165) is 34.3 Å². The molecule has 7 nitrogen and oxygen atoms in total. The first-order chi connectivity index (χ1) is 15.6. The van der Waals surface area contributed by atoms with Crippen LogP contribution in [-0.2, 0) is 11.3 Å². The number of carbonyl (C=O) groups excluding carboxylic acids is 1. The maximum atomic E-state index is 12.8. The van der Waals surface area contributed by atoms with Gasteiger partial charge < -0.3 is 9.88 Å². The molecule has 3 heterocycles. The number of nitrogens with one attached hydrogen (secondary N) is 1. The molecule has 1 aliphatic heterocycles. The van der Waals surface area contributed by atoms with Crippen LogP contribution in [0.5, 0.6) is 0 Å². The van der Waals surface area contributed by atoms with Crippen molar-refractivity contribution < 1.29 is 4.79 Å². The predicted molar refractivity (Wildman–Crippen MR) is 126 cm³/mol. The lowest BCUT2D eigenvalue weighted by molar-refractivity contribution is -0.119. The number of benzene rings is 2. The summed E-state index contributed by atoms with van der Waals surface area (Å²) in [6, 6.07) is 19.4. The third-order valence-corrected chi connectivity index (χ3v) is 6.36. The summed E-state index contributed by atoms with van der Waals surface area (Å²) in [6.07, 6.45) is 2.06. The average Bonchev–Trinajstić information content (AvgIpc) is 3.43. The molecule has 0 radical (unpaired) electrons. The molecular weight excluding hydrogens is 422 g/mol. The first-order valence-electron chi connectivity index (χ1n) is 10.3. The van der Waals surface area contributed by atoms with Crippen LogP contribution in [0.4, 0.5) is 5.69 Å². The quantitative estimate of drug-likeness (QED) is 0.503. The van der Waals surface area contributed by atoms with Gasteiger partial charge >= 0.3 is 0 Å². The lowest BCUT2D eigenvalue weighted by Gasteiger charge is -2.15. The summed E-state index contributed by atoms with van der Waals surface area (Å²) in [6.45, 7) is 2.65. The lowest BCUT2D eigenvalue weighted by atomic mass is 10.1. The molecule has 0 unspecified atom stereocenters. The van der Waals surface area contributed by atoms with Crippen molar-refractivity contribution in [3.8, 4) is 22.5 Å². The zero-order valence-corrected chi connectivity index (χ0v) is 18.2. The molecule has 4 aromatic rings. The van der Waals surface area contributed by atoms with Crippen molar-refractivity contribution in [1.29, 1.82) is 0 Å². The van der Waals surface area contributed by atoms with E-state index in [0.29, 0.717) is 11.4 Å². The minimum absolute atomic E-state index is 0.310. The van der Waals surface area contributed by atoms with Crippen LogP contribution in [0.3, 0.4) is 0 Å². The van der Waals surface area contributed by atoms with Gasteiger partial charge in [0.15, 0.2) is 5.16 Å². The number of hydrogen-bond acceptors (Lipinski definition) is 5. The Kier molecular flexibility index (Phi) is 5.36. The van der Waals surface area contributed by atoms with Crippen LogP contribution >= 0.6 is 11.8 Å². The van der Waals surface area contributed by atoms with Gasteiger partial charge in [-0.2, -0.15) is 5.10 Å². The molecular formula is C24H21N5O2S. The Labute approximate surface area is 189 Å². The standard InChI is InChI=1S/C24H21N5O2S/c1-16(29-22(30)12-11-20(27-29)17-5-3-2-4-6-17)23(31)25-19-9-7-18(8-10-19)21-15-28-13-14-32-24(28)26-21/h2-12,15-16H,13-14H2,1H3,(H,25,31)/t16-/m1/s1. The number of amides is 1. The minimum atomic E-state index is -0.765. The monoisotopic (exact) mass is 443 g/mol. The van der Waals surface area contributed by atoms with E-state index in [2.05, 4.69) is 26.2 Å². The summed E-state index contributed by atoms with van der Waals surface area (Å²) in [7, 11) is 0. The van der Waals surface area contributed by atoms with Gasteiger partial charge in [0.25, 0.3) is 5.56 Å². The number of fused-ring (bicyclic) bond motifs is 1. The summed E-state index contributed by atoms with van der Waals surface area (Å²) < 4.78 is 3.38. The van der Waals surface area contributed by atoms with Gasteiger partial charge in [0.1, 0.15) is 6.04 Å². The molecule has 0 saturated heterocycles. The SMILES string of the molecule is C[C@H](C(=O)Nc1ccc(-c2cn3c(n2)SCC3)cc1)n1nc(-c2ccccc2)ccc1=O. The van der Waals surface area contributed by atoms with Crippen molar-refractivity contribution in [2.75, 3.05) is 11.1 Å². The van der Waals surface area contributed by atoms with Crippen LogP contribution in [0.2, 0.25) is 0 Å². The van der Waals surface area contributed by atoms with Crippen molar-refractivity contribution in [2.45, 2.75) is 24.7 Å². The van der Waals surface area contributed by atoms with Crippen LogP contribution in [-0.4, -0.2) is 31.0 Å². The second-order valence-corrected chi connectivity index (χ2v) is 8.62. The van der Waals surface area contributed by atoms with Crippen LogP contribution in [0.1, 0.15) is 13.0 Å². The predicted octanol–water partition coefficient (Wildman–Crippen LogP) is 4.08. The van der Waals surface area contributed by atoms with Crippen molar-refractivity contribution >= 4 is 23.4 Å². The number of anilines is 1. The number of nitrogens with zero attached hydrogens (tertiary/aromatic N) is 4. The first-order valence-corrected chi connectivity index (χ1v) is 11.3. The summed E-state index contributed by atoms with van der Waals surface area (Å²) in [4.78, 5) is 29.9. The zero-order valence-electron chi connectivity index (χ0n) is 17.4. The summed E-state index contributed by atoms with van der Waals surface area (Å²) in [5, 5.41) is 8.33. The molecule has 1 aliphatic rings. The van der Waals surface area contributed by atoms with Crippen molar-refractivity contribution in [3.63, 3.8) is 0 Å². The van der Waals surface area contributed by atoms with Crippen molar-refractivity contribution in [1.82, 2.24) is 19.3 Å². The van der Waals surface area contributed by atoms with E-state index in [9.17, 15) is 9.59 Å². The third-order valence-electron chi connectivity index (χ3n) is 5.39. The molecule has 5 rings (SSSR count). The second-order valence-electron chi connectivity index (χ2n) is 7.56. The summed E-state index contributed by atoms with van der Waals surface area (Å²) >= 11 is 1.76. The molecule has 2 aromatic heterocycles. The highest BCUT2D eigenvalue weighted by molar-refractivity contribution is 7.99. The molecule has 0 spiro atoms. The van der Waals surface area contributed by atoms with Crippen molar-refractivity contribution in [3.05, 3.63) is 83.3 Å². The smallest absolute Gasteiger partial charge is 0.267 e. The van der Waals surface area contributed by atoms with Crippen LogP contribution < -0.4 is 10.9 Å². The third kappa shape index (κ3) is 3.97. The molecule has 1 N–H and O–H groups in total. The Hall–Kier alpha value is -3.65. The highest BCUT2D eigenvalue weighted by Crippen LogP contribution is 2.29. The molecule has 160 valence electrons. The average molecular weight is 444 g/mol. The summed E-state index contributed by atoms with van der Waals surface area (Å²) in [5.74, 6) is 0.757. The Morgan fingerprint density at radius 3 is 2.50 bits per heavy atom. The van der Waals surface area contributed by atoms with E-state index in [1.165, 1.54) is 10.7 Å². The Balaban J connectivity index is 1.32. The van der Waals surface area contributed by atoms with Gasteiger partial charge in [0, 0.05) is 41.4 Å². The zero-order chi connectivity index (χ0) is 22.1. The minimum Gasteiger partial charge on any atom is -0.325 e. The lowest BCUT2D eigenvalue weighted by Crippen LogP contribution is -2.33. The molecule has 1 atom stereocenters. The molecule has 8 heteroatoms. The van der Waals surface area contributed by atoms with Gasteiger partial charge in [-0.15, -0.1) is 0 Å². The molecule has 2 aromatic carbocycles. The van der Waals surface area contributed by atoms with E-state index in [1.54, 1.807) is 24.8 Å². The number of hydrogen-bond donors (Lipinski definition) is 1. The normalized spacial score (nSPS) is 13.5. The number of aryl methyl sites for hydroxylation is 1. The van der Waals surface area contributed by atoms with E-state index < -0.39 is 6.04 Å². The van der Waals surface area contributed by atoms with Crippen LogP contribution in [0.25, 0.3) is 22.5 Å². The Morgan fingerprint density at radius 2 is 1.75 bits per heavy atom. The van der Waals surface area contributed by atoms with Gasteiger partial charge in [0.05, 0.1) is 11.4 Å². The molecule has 0 fully saturated rings. The van der Waals surface area contributed by atoms with E-state index in [1.807, 2.05) is 54.6 Å². The fraction of sp³-hybridized carbons (Fsp3) is 0.167. The van der Waals surface area contributed by atoms with E-state index >= 15 is 0 Å². The number of aromatic nitrogens is 4. The molecule has 1 amide bonds. The number of rotatable bonds is 5. The second kappa shape index (κ2) is 8.47. The molecule has 0 saturated carbocycles. The highest BCUT2D eigenvalue weighted by atomic mass is 32.2. The molecule has 32 heavy (non-hydrogen) atoms. The largest absolute Gasteiger partial charge is 0.325 e. The van der Waals surface area contributed by atoms with Gasteiger partial charge in [-0.05, 0) is 25.1 Å². The van der Waals surface area contributed by atoms with Gasteiger partial charge in [-0.25, -0.2) is 9.67 Å². The van der Waals surface area contributed by atoms with Gasteiger partial charge in [-0.1, -0.05) is 54.2 Å². The van der Waals surface area contributed by atoms with Crippen LogP contribution in [0, 0.1) is 0 Å². The fourth-order valence-electron chi connectivity index (χ4n) is 3.60. The maximum Gasteiger partial charge on any atom is 0.267 e. The van der Waals surface area contributed by atoms with Crippen molar-refractivity contribution in [2.24, 2.45) is 0 Å². The topological polar surface area (TPSA) is 81.8 Å². The van der Waals surface area contributed by atoms with E-state index in [-0.39, 0.29) is 11.5 Å². The van der Waals surface area contributed by atoms with Gasteiger partial charge in [-0.3, -0.25) is 9.59 Å². The molecule has 0 bridgehead atoms. The summed E-state index contributed by atoms with van der Waals surface area (Å²) in [5.41, 5.74) is 3.76. The number of carbonyl (C=O) groups is 1. The maximum absolute atomic E-state index is 12.8. The Morgan fingerprint density at radius 1 is 1.00 bits per heavy atom.